The number of nitrogens with one attached hydrogen (secondary N) is 1. The van der Waals surface area contributed by atoms with E-state index in [4.69, 9.17) is 0 Å². The molecule has 80 valence electrons. The third-order valence-corrected chi connectivity index (χ3v) is 4.30. The average Bonchev–Trinajstić information content (AvgIpc) is 2.63. The van der Waals surface area contributed by atoms with E-state index in [1.807, 2.05) is 18.4 Å². The minimum absolute atomic E-state index is 0.523. The minimum Gasteiger partial charge on any atom is -0.317 e. The number of benzene rings is 1. The Bertz CT molecular complexity index is 464. The van der Waals surface area contributed by atoms with Crippen molar-refractivity contribution in [2.24, 2.45) is 0 Å². The van der Waals surface area contributed by atoms with Crippen LogP contribution in [0.4, 0.5) is 0 Å². The molecule has 0 bridgehead atoms. The van der Waals surface area contributed by atoms with Crippen LogP contribution in [0.15, 0.2) is 28.1 Å². The molecule has 1 atom stereocenters. The lowest BCUT2D eigenvalue weighted by atomic mass is 10.1. The standard InChI is InChI=1S/C12H14BrNS/c1-8(14-2)6-9-7-15-11-5-3-4-10(13)12(9)11/h3-5,7-8,14H,6H2,1-2H3. The molecule has 0 fully saturated rings. The first-order valence-electron chi connectivity index (χ1n) is 5.04. The molecule has 0 aliphatic rings. The molecule has 2 rings (SSSR count). The highest BCUT2D eigenvalue weighted by Crippen LogP contribution is 2.32. The van der Waals surface area contributed by atoms with Gasteiger partial charge in [0.1, 0.15) is 0 Å². The predicted molar refractivity (Wildman–Crippen MR) is 71.8 cm³/mol. The number of hydrogen-bond acceptors (Lipinski definition) is 2. The summed E-state index contributed by atoms with van der Waals surface area (Å²) in [6.07, 6.45) is 1.08. The zero-order valence-corrected chi connectivity index (χ0v) is 11.3. The van der Waals surface area contributed by atoms with E-state index in [1.165, 1.54) is 20.1 Å². The van der Waals surface area contributed by atoms with Gasteiger partial charge in [-0.15, -0.1) is 11.3 Å². The van der Waals surface area contributed by atoms with Crippen molar-refractivity contribution in [1.29, 1.82) is 0 Å². The molecule has 0 amide bonds. The van der Waals surface area contributed by atoms with Gasteiger partial charge in [0, 0.05) is 20.6 Å². The molecule has 1 unspecified atom stereocenters. The van der Waals surface area contributed by atoms with Gasteiger partial charge in [0.25, 0.3) is 0 Å². The smallest absolute Gasteiger partial charge is 0.0356 e. The Morgan fingerprint density at radius 2 is 2.27 bits per heavy atom. The van der Waals surface area contributed by atoms with Crippen molar-refractivity contribution in [3.63, 3.8) is 0 Å². The number of hydrogen-bond donors (Lipinski definition) is 1. The monoisotopic (exact) mass is 283 g/mol. The molecule has 1 nitrogen and oxygen atoms in total. The van der Waals surface area contributed by atoms with Gasteiger partial charge >= 0.3 is 0 Å². The molecule has 0 spiro atoms. The Morgan fingerprint density at radius 3 is 3.00 bits per heavy atom. The number of halogens is 1. The van der Waals surface area contributed by atoms with E-state index in [-0.39, 0.29) is 0 Å². The highest BCUT2D eigenvalue weighted by molar-refractivity contribution is 9.10. The SMILES string of the molecule is CNC(C)Cc1csc2cccc(Br)c12. The second-order valence-electron chi connectivity index (χ2n) is 3.77. The van der Waals surface area contributed by atoms with Gasteiger partial charge in [-0.1, -0.05) is 22.0 Å². The van der Waals surface area contributed by atoms with E-state index < -0.39 is 0 Å². The highest BCUT2D eigenvalue weighted by atomic mass is 79.9. The van der Waals surface area contributed by atoms with Crippen LogP contribution in [0.25, 0.3) is 10.1 Å². The van der Waals surface area contributed by atoms with Crippen LogP contribution in [0.5, 0.6) is 0 Å². The van der Waals surface area contributed by atoms with E-state index in [1.54, 1.807) is 0 Å². The van der Waals surface area contributed by atoms with Crippen LogP contribution in [0, 0.1) is 0 Å². The van der Waals surface area contributed by atoms with Crippen molar-refractivity contribution in [3.8, 4) is 0 Å². The molecule has 15 heavy (non-hydrogen) atoms. The minimum atomic E-state index is 0.523. The van der Waals surface area contributed by atoms with E-state index in [2.05, 4.69) is 51.7 Å². The Balaban J connectivity index is 2.43. The van der Waals surface area contributed by atoms with Crippen molar-refractivity contribution in [2.45, 2.75) is 19.4 Å². The molecule has 1 N–H and O–H groups in total. The number of rotatable bonds is 3. The molecule has 2 aromatic rings. The molecule has 3 heteroatoms. The fourth-order valence-corrected chi connectivity index (χ4v) is 3.44. The van der Waals surface area contributed by atoms with E-state index >= 15 is 0 Å². The molecular formula is C12H14BrNS. The third kappa shape index (κ3) is 2.25. The van der Waals surface area contributed by atoms with Gasteiger partial charge in [-0.25, -0.2) is 0 Å². The second-order valence-corrected chi connectivity index (χ2v) is 5.53. The molecule has 0 saturated carbocycles. The summed E-state index contributed by atoms with van der Waals surface area (Å²) in [5.74, 6) is 0. The van der Waals surface area contributed by atoms with E-state index in [0.29, 0.717) is 6.04 Å². The molecule has 1 aromatic carbocycles. The highest BCUT2D eigenvalue weighted by Gasteiger charge is 2.09. The summed E-state index contributed by atoms with van der Waals surface area (Å²) in [5, 5.41) is 6.92. The van der Waals surface area contributed by atoms with Crippen LogP contribution in [0.1, 0.15) is 12.5 Å². The van der Waals surface area contributed by atoms with Gasteiger partial charge in [0.05, 0.1) is 0 Å². The van der Waals surface area contributed by atoms with Gasteiger partial charge in [0.15, 0.2) is 0 Å². The van der Waals surface area contributed by atoms with Crippen LogP contribution in [-0.2, 0) is 6.42 Å². The normalized spacial score (nSPS) is 13.3. The average molecular weight is 284 g/mol. The molecular weight excluding hydrogens is 270 g/mol. The van der Waals surface area contributed by atoms with E-state index in [0.717, 1.165) is 6.42 Å². The lowest BCUT2D eigenvalue weighted by molar-refractivity contribution is 0.611. The topological polar surface area (TPSA) is 12.0 Å². The molecule has 1 aromatic heterocycles. The number of thiophene rings is 1. The summed E-state index contributed by atoms with van der Waals surface area (Å²) in [4.78, 5) is 0. The molecule has 1 heterocycles. The maximum absolute atomic E-state index is 3.62. The molecule has 0 radical (unpaired) electrons. The van der Waals surface area contributed by atoms with Crippen molar-refractivity contribution in [2.75, 3.05) is 7.05 Å². The Hall–Kier alpha value is -0.380. The van der Waals surface area contributed by atoms with Crippen molar-refractivity contribution in [1.82, 2.24) is 5.32 Å². The maximum atomic E-state index is 3.62. The van der Waals surface area contributed by atoms with Crippen LogP contribution in [0.2, 0.25) is 0 Å². The Labute approximate surface area is 103 Å². The van der Waals surface area contributed by atoms with Gasteiger partial charge in [-0.05, 0) is 43.5 Å². The zero-order valence-electron chi connectivity index (χ0n) is 8.88. The first kappa shape index (κ1) is 11.1. The first-order valence-corrected chi connectivity index (χ1v) is 6.71. The van der Waals surface area contributed by atoms with Gasteiger partial charge in [-0.3, -0.25) is 0 Å². The van der Waals surface area contributed by atoms with E-state index in [9.17, 15) is 0 Å². The largest absolute Gasteiger partial charge is 0.317 e. The van der Waals surface area contributed by atoms with Crippen molar-refractivity contribution < 1.29 is 0 Å². The fraction of sp³-hybridized carbons (Fsp3) is 0.333. The van der Waals surface area contributed by atoms with Crippen molar-refractivity contribution in [3.05, 3.63) is 33.6 Å². The fourth-order valence-electron chi connectivity index (χ4n) is 1.69. The van der Waals surface area contributed by atoms with Crippen molar-refractivity contribution >= 4 is 37.4 Å². The summed E-state index contributed by atoms with van der Waals surface area (Å²) in [7, 11) is 2.01. The van der Waals surface area contributed by atoms with Crippen LogP contribution in [-0.4, -0.2) is 13.1 Å². The quantitative estimate of drug-likeness (QED) is 0.903. The lowest BCUT2D eigenvalue weighted by Crippen LogP contribution is -2.23. The lowest BCUT2D eigenvalue weighted by Gasteiger charge is -2.09. The Morgan fingerprint density at radius 1 is 1.47 bits per heavy atom. The van der Waals surface area contributed by atoms with Crippen LogP contribution >= 0.6 is 27.3 Å². The predicted octanol–water partition coefficient (Wildman–Crippen LogP) is 3.81. The third-order valence-electron chi connectivity index (χ3n) is 2.64. The second kappa shape index (κ2) is 4.64. The molecule has 0 aliphatic heterocycles. The summed E-state index contributed by atoms with van der Waals surface area (Å²) in [6.45, 7) is 2.21. The van der Waals surface area contributed by atoms with Crippen LogP contribution < -0.4 is 5.32 Å². The zero-order chi connectivity index (χ0) is 10.8. The summed E-state index contributed by atoms with van der Waals surface area (Å²) in [5.41, 5.74) is 1.43. The van der Waals surface area contributed by atoms with Gasteiger partial charge in [0.2, 0.25) is 0 Å². The number of likely N-dealkylation sites (N-methyl/N-ethyl adjacent to an activating group) is 1. The summed E-state index contributed by atoms with van der Waals surface area (Å²) in [6, 6.07) is 6.91. The Kier molecular flexibility index (Phi) is 3.44. The number of fused-ring (bicyclic) bond motifs is 1. The first-order chi connectivity index (χ1) is 7.22. The summed E-state index contributed by atoms with van der Waals surface area (Å²) >= 11 is 5.45. The maximum Gasteiger partial charge on any atom is 0.0356 e. The van der Waals surface area contributed by atoms with Crippen LogP contribution in [0.3, 0.4) is 0 Å². The van der Waals surface area contributed by atoms with Gasteiger partial charge in [-0.2, -0.15) is 0 Å². The molecule has 0 aliphatic carbocycles. The van der Waals surface area contributed by atoms with Gasteiger partial charge < -0.3 is 5.32 Å². The molecule has 0 saturated heterocycles. The summed E-state index contributed by atoms with van der Waals surface area (Å²) < 4.78 is 2.57.